The quantitative estimate of drug-likeness (QED) is 0.462. The third-order valence-corrected chi connectivity index (χ3v) is 1.50. The highest BCUT2D eigenvalue weighted by molar-refractivity contribution is 6.92. The predicted octanol–water partition coefficient (Wildman–Crippen LogP) is 3.42. The van der Waals surface area contributed by atoms with Gasteiger partial charge in [-0.3, -0.25) is 0 Å². The van der Waals surface area contributed by atoms with Crippen molar-refractivity contribution in [3.05, 3.63) is 0 Å². The van der Waals surface area contributed by atoms with Gasteiger partial charge in [-0.25, -0.2) is 0 Å². The molecule has 0 aromatic heterocycles. The Morgan fingerprint density at radius 3 is 0.778 bits per heavy atom. The molecule has 0 nitrogen and oxygen atoms in total. The fourth-order valence-corrected chi connectivity index (χ4v) is 1.06. The number of hydrogen-bond donors (Lipinski definition) is 0. The summed E-state index contributed by atoms with van der Waals surface area (Å²) in [6.07, 6.45) is 9.00. The van der Waals surface area contributed by atoms with Crippen LogP contribution in [0.5, 0.6) is 0 Å². The van der Waals surface area contributed by atoms with Crippen LogP contribution in [0, 0.1) is 0 Å². The molecule has 0 heterocycles. The molecule has 9 heavy (non-hydrogen) atoms. The summed E-state index contributed by atoms with van der Waals surface area (Å²) in [6, 6.07) is 0. The van der Waals surface area contributed by atoms with Crippen molar-refractivity contribution < 1.29 is 0 Å². The predicted molar refractivity (Wildman–Crippen MR) is 50.2 cm³/mol. The molecule has 0 amide bonds. The van der Waals surface area contributed by atoms with Crippen molar-refractivity contribution in [2.24, 2.45) is 0 Å². The van der Waals surface area contributed by atoms with Gasteiger partial charge in [-0.15, -0.1) is 0 Å². The van der Waals surface area contributed by atoms with Crippen LogP contribution in [0.1, 0.15) is 52.4 Å². The van der Waals surface area contributed by atoms with Crippen molar-refractivity contribution in [2.45, 2.75) is 52.4 Å². The molecule has 1 heteroatoms. The second-order valence-electron chi connectivity index (χ2n) is 2.12. The minimum atomic E-state index is 0. The molecule has 1 aliphatic carbocycles. The van der Waals surface area contributed by atoms with Crippen molar-refractivity contribution >= 4 is 9.90 Å². The van der Waals surface area contributed by atoms with E-state index in [1.54, 1.807) is 0 Å². The molecule has 0 radical (unpaired) electrons. The zero-order valence-corrected chi connectivity index (χ0v) is 8.36. The highest BCUT2D eigenvalue weighted by Gasteiger charge is 1.95. The smallest absolute Gasteiger partial charge is 0.0533 e. The molecular formula is C8H21P. The fourth-order valence-electron chi connectivity index (χ4n) is 1.06. The normalized spacial score (nSPS) is 16.7. The molecule has 0 saturated heterocycles. The van der Waals surface area contributed by atoms with Crippen molar-refractivity contribution in [1.82, 2.24) is 0 Å². The molecule has 0 aliphatic heterocycles. The lowest BCUT2D eigenvalue weighted by molar-refractivity contribution is 0.504. The standard InChI is InChI=1S/C6H12.C2H6.H3P/c1-2-4-6-5-3-1;1-2;/h1-6H2;1-2H3;1H3. The lowest BCUT2D eigenvalue weighted by Crippen LogP contribution is -1.85. The summed E-state index contributed by atoms with van der Waals surface area (Å²) in [5.41, 5.74) is 0. The Hall–Kier alpha value is 0.430. The van der Waals surface area contributed by atoms with Crippen LogP contribution in [0.15, 0.2) is 0 Å². The van der Waals surface area contributed by atoms with Crippen LogP contribution in [0.2, 0.25) is 0 Å². The molecule has 1 saturated carbocycles. The second-order valence-corrected chi connectivity index (χ2v) is 2.12. The summed E-state index contributed by atoms with van der Waals surface area (Å²) in [5.74, 6) is 0. The maximum Gasteiger partial charge on any atom is -0.0533 e. The van der Waals surface area contributed by atoms with E-state index in [9.17, 15) is 0 Å². The first kappa shape index (κ1) is 12.1. The Labute approximate surface area is 63.0 Å². The van der Waals surface area contributed by atoms with E-state index in [-0.39, 0.29) is 9.90 Å². The number of hydrogen-bond acceptors (Lipinski definition) is 0. The molecule has 1 rings (SSSR count). The van der Waals surface area contributed by atoms with E-state index >= 15 is 0 Å². The van der Waals surface area contributed by atoms with E-state index in [0.29, 0.717) is 0 Å². The molecule has 0 N–H and O–H groups in total. The van der Waals surface area contributed by atoms with Gasteiger partial charge in [0.2, 0.25) is 0 Å². The van der Waals surface area contributed by atoms with Gasteiger partial charge in [0.15, 0.2) is 0 Å². The summed E-state index contributed by atoms with van der Waals surface area (Å²) < 4.78 is 0. The molecule has 1 fully saturated rings. The largest absolute Gasteiger partial charge is 0.153 e. The topological polar surface area (TPSA) is 0 Å². The Balaban J connectivity index is 0. The van der Waals surface area contributed by atoms with Gasteiger partial charge in [-0.05, 0) is 0 Å². The second kappa shape index (κ2) is 11.3. The fraction of sp³-hybridized carbons (Fsp3) is 1.00. The minimum absolute atomic E-state index is 0. The highest BCUT2D eigenvalue weighted by Crippen LogP contribution is 2.15. The van der Waals surface area contributed by atoms with Gasteiger partial charge in [0.25, 0.3) is 0 Å². The number of rotatable bonds is 0. The highest BCUT2D eigenvalue weighted by atomic mass is 31.0. The molecular weight excluding hydrogens is 127 g/mol. The molecule has 0 aromatic rings. The van der Waals surface area contributed by atoms with Crippen LogP contribution in [-0.4, -0.2) is 0 Å². The van der Waals surface area contributed by atoms with Crippen LogP contribution in [0.4, 0.5) is 0 Å². The third kappa shape index (κ3) is 8.43. The van der Waals surface area contributed by atoms with Crippen LogP contribution in [0.25, 0.3) is 0 Å². The summed E-state index contributed by atoms with van der Waals surface area (Å²) in [5, 5.41) is 0. The summed E-state index contributed by atoms with van der Waals surface area (Å²) in [7, 11) is 0. The van der Waals surface area contributed by atoms with Crippen molar-refractivity contribution in [3.8, 4) is 0 Å². The van der Waals surface area contributed by atoms with Crippen molar-refractivity contribution in [2.75, 3.05) is 0 Å². The van der Waals surface area contributed by atoms with Gasteiger partial charge in [0.1, 0.15) is 0 Å². The Morgan fingerprint density at radius 2 is 0.667 bits per heavy atom. The lowest BCUT2D eigenvalue weighted by Gasteiger charge is -2.05. The van der Waals surface area contributed by atoms with E-state index in [1.165, 1.54) is 38.5 Å². The molecule has 1 aliphatic rings. The van der Waals surface area contributed by atoms with Crippen LogP contribution < -0.4 is 0 Å². The van der Waals surface area contributed by atoms with Gasteiger partial charge in [-0.1, -0.05) is 52.4 Å². The average molecular weight is 148 g/mol. The van der Waals surface area contributed by atoms with Gasteiger partial charge >= 0.3 is 0 Å². The zero-order chi connectivity index (χ0) is 6.24. The summed E-state index contributed by atoms with van der Waals surface area (Å²) in [4.78, 5) is 0. The SMILES string of the molecule is C1CCCCC1.CC.P. The van der Waals surface area contributed by atoms with Gasteiger partial charge in [0.05, 0.1) is 0 Å². The van der Waals surface area contributed by atoms with Crippen molar-refractivity contribution in [1.29, 1.82) is 0 Å². The molecule has 1 unspecified atom stereocenters. The lowest BCUT2D eigenvalue weighted by atomic mass is 10.0. The maximum absolute atomic E-state index is 2.00. The first-order valence-electron chi connectivity index (χ1n) is 4.00. The monoisotopic (exact) mass is 148 g/mol. The first-order valence-corrected chi connectivity index (χ1v) is 4.00. The minimum Gasteiger partial charge on any atom is -0.153 e. The van der Waals surface area contributed by atoms with E-state index in [4.69, 9.17) is 0 Å². The molecule has 58 valence electrons. The van der Waals surface area contributed by atoms with Gasteiger partial charge in [-0.2, -0.15) is 9.90 Å². The molecule has 0 bridgehead atoms. The molecule has 1 atom stereocenters. The van der Waals surface area contributed by atoms with Crippen LogP contribution in [-0.2, 0) is 0 Å². The van der Waals surface area contributed by atoms with Crippen LogP contribution in [0.3, 0.4) is 0 Å². The molecule has 0 aromatic carbocycles. The van der Waals surface area contributed by atoms with E-state index in [2.05, 4.69) is 0 Å². The molecule has 0 spiro atoms. The van der Waals surface area contributed by atoms with Crippen LogP contribution >= 0.6 is 9.90 Å². The Morgan fingerprint density at radius 1 is 0.556 bits per heavy atom. The zero-order valence-electron chi connectivity index (χ0n) is 6.95. The first-order chi connectivity index (χ1) is 4.00. The third-order valence-electron chi connectivity index (χ3n) is 1.50. The maximum atomic E-state index is 2.00. The average Bonchev–Trinajstić information content (AvgIpc) is 1.96. The van der Waals surface area contributed by atoms with E-state index < -0.39 is 0 Å². The van der Waals surface area contributed by atoms with Gasteiger partial charge in [0, 0.05) is 0 Å². The van der Waals surface area contributed by atoms with Crippen molar-refractivity contribution in [3.63, 3.8) is 0 Å². The van der Waals surface area contributed by atoms with E-state index in [0.717, 1.165) is 0 Å². The van der Waals surface area contributed by atoms with E-state index in [1.807, 2.05) is 13.8 Å². The van der Waals surface area contributed by atoms with Gasteiger partial charge < -0.3 is 0 Å². The Bertz CT molecular complexity index is 20.0. The summed E-state index contributed by atoms with van der Waals surface area (Å²) >= 11 is 0. The summed E-state index contributed by atoms with van der Waals surface area (Å²) in [6.45, 7) is 4.00. The Kier molecular flexibility index (Phi) is 15.2.